The van der Waals surface area contributed by atoms with E-state index in [1.54, 1.807) is 0 Å². The smallest absolute Gasteiger partial charge is 0.170 e. The first-order valence-corrected chi connectivity index (χ1v) is 7.45. The van der Waals surface area contributed by atoms with E-state index in [0.717, 1.165) is 30.9 Å². The molecule has 1 aromatic heterocycles. The Bertz CT molecular complexity index is 563. The van der Waals surface area contributed by atoms with Crippen molar-refractivity contribution in [3.63, 3.8) is 0 Å². The molecule has 0 spiro atoms. The molecule has 20 heavy (non-hydrogen) atoms. The topological polar surface area (TPSA) is 55.6 Å². The number of benzene rings is 1. The van der Waals surface area contributed by atoms with Gasteiger partial charge in [-0.3, -0.25) is 0 Å². The van der Waals surface area contributed by atoms with Crippen molar-refractivity contribution < 1.29 is 0 Å². The molecule has 5 nitrogen and oxygen atoms in total. The molecule has 0 amide bonds. The van der Waals surface area contributed by atoms with E-state index < -0.39 is 0 Å². The first-order chi connectivity index (χ1) is 9.83. The number of tetrazole rings is 1. The van der Waals surface area contributed by atoms with Gasteiger partial charge in [0, 0.05) is 6.04 Å². The molecule has 3 rings (SSSR count). The van der Waals surface area contributed by atoms with E-state index in [4.69, 9.17) is 0 Å². The molecule has 0 atom stereocenters. The number of hydrogen-bond acceptors (Lipinski definition) is 4. The quantitative estimate of drug-likeness (QED) is 0.873. The first-order valence-electron chi connectivity index (χ1n) is 7.45. The van der Waals surface area contributed by atoms with E-state index in [-0.39, 0.29) is 0 Å². The molecule has 1 aromatic carbocycles. The monoisotopic (exact) mass is 271 g/mol. The fraction of sp³-hybridized carbons (Fsp3) is 0.533. The van der Waals surface area contributed by atoms with E-state index in [2.05, 4.69) is 52.9 Å². The highest BCUT2D eigenvalue weighted by Crippen LogP contribution is 2.22. The van der Waals surface area contributed by atoms with Gasteiger partial charge in [0.2, 0.25) is 0 Å². The summed E-state index contributed by atoms with van der Waals surface area (Å²) in [5.74, 6) is 0.896. The van der Waals surface area contributed by atoms with Gasteiger partial charge in [-0.15, -0.1) is 5.10 Å². The van der Waals surface area contributed by atoms with Crippen molar-refractivity contribution in [2.75, 3.05) is 0 Å². The Morgan fingerprint density at radius 3 is 2.50 bits per heavy atom. The second-order valence-corrected chi connectivity index (χ2v) is 5.29. The van der Waals surface area contributed by atoms with Gasteiger partial charge in [0.25, 0.3) is 0 Å². The van der Waals surface area contributed by atoms with Crippen LogP contribution in [0, 0.1) is 0 Å². The molecular formula is C15H21N5. The zero-order chi connectivity index (χ0) is 13.9. The van der Waals surface area contributed by atoms with E-state index in [9.17, 15) is 0 Å². The highest BCUT2D eigenvalue weighted by molar-refractivity contribution is 5.48. The molecule has 0 unspecified atom stereocenters. The van der Waals surface area contributed by atoms with Gasteiger partial charge in [-0.25, -0.2) is 0 Å². The zero-order valence-corrected chi connectivity index (χ0v) is 12.1. The van der Waals surface area contributed by atoms with Gasteiger partial charge in [-0.2, -0.15) is 4.68 Å². The SMILES string of the molecule is CCc1cccc(CC)c1-n1nnnc1CNC1CC1. The largest absolute Gasteiger partial charge is 0.307 e. The number of nitrogens with one attached hydrogen (secondary N) is 1. The van der Waals surface area contributed by atoms with Crippen molar-refractivity contribution in [3.05, 3.63) is 35.2 Å². The van der Waals surface area contributed by atoms with Gasteiger partial charge >= 0.3 is 0 Å². The minimum absolute atomic E-state index is 0.659. The first kappa shape index (κ1) is 13.2. The summed E-state index contributed by atoms with van der Waals surface area (Å²) in [5, 5.41) is 15.8. The summed E-state index contributed by atoms with van der Waals surface area (Å²) < 4.78 is 1.91. The maximum atomic E-state index is 4.22. The minimum atomic E-state index is 0.659. The van der Waals surface area contributed by atoms with Crippen LogP contribution in [0.5, 0.6) is 0 Å². The van der Waals surface area contributed by atoms with Crippen LogP contribution in [0.4, 0.5) is 0 Å². The second-order valence-electron chi connectivity index (χ2n) is 5.29. The van der Waals surface area contributed by atoms with Crippen molar-refractivity contribution in [1.82, 2.24) is 25.5 Å². The van der Waals surface area contributed by atoms with Gasteiger partial charge in [0.1, 0.15) is 0 Å². The predicted octanol–water partition coefficient (Wildman–Crippen LogP) is 2.04. The number of rotatable bonds is 6. The number of aryl methyl sites for hydroxylation is 2. The van der Waals surface area contributed by atoms with Crippen LogP contribution in [0.2, 0.25) is 0 Å². The van der Waals surface area contributed by atoms with E-state index >= 15 is 0 Å². The Morgan fingerprint density at radius 2 is 1.90 bits per heavy atom. The molecule has 1 saturated carbocycles. The maximum absolute atomic E-state index is 4.22. The summed E-state index contributed by atoms with van der Waals surface area (Å²) in [4.78, 5) is 0. The van der Waals surface area contributed by atoms with Crippen LogP contribution in [0.3, 0.4) is 0 Å². The second kappa shape index (κ2) is 5.71. The number of para-hydroxylation sites is 1. The van der Waals surface area contributed by atoms with E-state index in [1.165, 1.54) is 24.0 Å². The molecule has 0 aliphatic heterocycles. The van der Waals surface area contributed by atoms with Gasteiger partial charge in [0.15, 0.2) is 5.82 Å². The molecular weight excluding hydrogens is 250 g/mol. The van der Waals surface area contributed by atoms with Crippen molar-refractivity contribution in [1.29, 1.82) is 0 Å². The van der Waals surface area contributed by atoms with Crippen LogP contribution in [0.25, 0.3) is 5.69 Å². The third-order valence-corrected chi connectivity index (χ3v) is 3.84. The van der Waals surface area contributed by atoms with Crippen LogP contribution in [-0.4, -0.2) is 26.2 Å². The van der Waals surface area contributed by atoms with Crippen LogP contribution >= 0.6 is 0 Å². The van der Waals surface area contributed by atoms with Crippen molar-refractivity contribution >= 4 is 0 Å². The lowest BCUT2D eigenvalue weighted by Gasteiger charge is -2.14. The number of aromatic nitrogens is 4. The van der Waals surface area contributed by atoms with Gasteiger partial charge in [0.05, 0.1) is 12.2 Å². The fourth-order valence-corrected chi connectivity index (χ4v) is 2.50. The normalized spacial score (nSPS) is 14.7. The molecule has 1 aliphatic carbocycles. The standard InChI is InChI=1S/C15H21N5/c1-3-11-6-5-7-12(4-2)15(11)20-14(17-18-19-20)10-16-13-8-9-13/h5-7,13,16H,3-4,8-10H2,1-2H3. The highest BCUT2D eigenvalue weighted by Gasteiger charge is 2.22. The van der Waals surface area contributed by atoms with E-state index in [0.29, 0.717) is 6.04 Å². The van der Waals surface area contributed by atoms with Gasteiger partial charge in [-0.05, 0) is 47.2 Å². The fourth-order valence-electron chi connectivity index (χ4n) is 2.50. The molecule has 106 valence electrons. The van der Waals surface area contributed by atoms with Crippen molar-refractivity contribution in [3.8, 4) is 5.69 Å². The molecule has 5 heteroatoms. The van der Waals surface area contributed by atoms with Crippen molar-refractivity contribution in [2.24, 2.45) is 0 Å². The minimum Gasteiger partial charge on any atom is -0.307 e. The average molecular weight is 271 g/mol. The third-order valence-electron chi connectivity index (χ3n) is 3.84. The summed E-state index contributed by atoms with van der Waals surface area (Å²) in [6.07, 6.45) is 4.51. The molecule has 1 aliphatic rings. The Kier molecular flexibility index (Phi) is 3.78. The van der Waals surface area contributed by atoms with Gasteiger partial charge < -0.3 is 5.32 Å². The lowest BCUT2D eigenvalue weighted by atomic mass is 10.0. The maximum Gasteiger partial charge on any atom is 0.170 e. The number of nitrogens with zero attached hydrogens (tertiary/aromatic N) is 4. The van der Waals surface area contributed by atoms with Crippen molar-refractivity contribution in [2.45, 2.75) is 52.1 Å². The molecule has 0 saturated heterocycles. The van der Waals surface area contributed by atoms with Crippen LogP contribution in [0.1, 0.15) is 43.6 Å². The molecule has 1 fully saturated rings. The van der Waals surface area contributed by atoms with E-state index in [1.807, 2.05) is 4.68 Å². The summed E-state index contributed by atoms with van der Waals surface area (Å²) in [7, 11) is 0. The van der Waals surface area contributed by atoms with Crippen LogP contribution < -0.4 is 5.32 Å². The summed E-state index contributed by atoms with van der Waals surface area (Å²) >= 11 is 0. The zero-order valence-electron chi connectivity index (χ0n) is 12.1. The predicted molar refractivity (Wildman–Crippen MR) is 77.8 cm³/mol. The Balaban J connectivity index is 1.97. The van der Waals surface area contributed by atoms with Crippen LogP contribution in [0.15, 0.2) is 18.2 Å². The molecule has 0 radical (unpaired) electrons. The third kappa shape index (κ3) is 2.58. The summed E-state index contributed by atoms with van der Waals surface area (Å²) in [5.41, 5.74) is 3.75. The molecule has 1 N–H and O–H groups in total. The lowest BCUT2D eigenvalue weighted by molar-refractivity contribution is 0.635. The average Bonchev–Trinajstić information content (AvgIpc) is 3.21. The summed E-state index contributed by atoms with van der Waals surface area (Å²) in [6, 6.07) is 7.10. The Morgan fingerprint density at radius 1 is 1.20 bits per heavy atom. The molecule has 2 aromatic rings. The highest BCUT2D eigenvalue weighted by atomic mass is 15.5. The number of hydrogen-bond donors (Lipinski definition) is 1. The Hall–Kier alpha value is -1.75. The molecule has 0 bridgehead atoms. The Labute approximate surface area is 119 Å². The lowest BCUT2D eigenvalue weighted by Crippen LogP contribution is -2.19. The summed E-state index contributed by atoms with van der Waals surface area (Å²) in [6.45, 7) is 5.08. The van der Waals surface area contributed by atoms with Gasteiger partial charge in [-0.1, -0.05) is 32.0 Å². The molecule has 1 heterocycles. The van der Waals surface area contributed by atoms with Crippen LogP contribution in [-0.2, 0) is 19.4 Å².